The van der Waals surface area contributed by atoms with Gasteiger partial charge in [-0.3, -0.25) is 4.90 Å². The smallest absolute Gasteiger partial charge is 0.0885 e. The minimum Gasteiger partial charge on any atom is -0.390 e. The van der Waals surface area contributed by atoms with Crippen LogP contribution in [-0.4, -0.2) is 59.5 Å². The van der Waals surface area contributed by atoms with Crippen LogP contribution in [0.1, 0.15) is 13.3 Å². The van der Waals surface area contributed by atoms with Gasteiger partial charge in [0.2, 0.25) is 0 Å². The number of ether oxygens (including phenoxy) is 1. The van der Waals surface area contributed by atoms with Gasteiger partial charge < -0.3 is 14.9 Å². The van der Waals surface area contributed by atoms with Crippen LogP contribution >= 0.6 is 0 Å². The van der Waals surface area contributed by atoms with Crippen molar-refractivity contribution in [2.75, 3.05) is 26.3 Å². The third-order valence-electron chi connectivity index (χ3n) is 3.42. The van der Waals surface area contributed by atoms with E-state index in [-0.39, 0.29) is 12.1 Å². The molecule has 2 rings (SSSR count). The van der Waals surface area contributed by atoms with Crippen molar-refractivity contribution in [1.29, 1.82) is 0 Å². The average Bonchev–Trinajstić information content (AvgIpc) is 2.15. The van der Waals surface area contributed by atoms with Gasteiger partial charge in [0.25, 0.3) is 0 Å². The molecule has 0 radical (unpaired) electrons. The fourth-order valence-corrected chi connectivity index (χ4v) is 2.34. The number of hydrogen-bond donors (Lipinski definition) is 2. The van der Waals surface area contributed by atoms with E-state index >= 15 is 0 Å². The molecule has 5 heteroatoms. The predicted octanol–water partition coefficient (Wildman–Crippen LogP) is -0.470. The second kappa shape index (κ2) is 5.14. The second-order valence-electron chi connectivity index (χ2n) is 4.54. The zero-order valence-corrected chi connectivity index (χ0v) is 9.75. The van der Waals surface area contributed by atoms with E-state index in [1.807, 2.05) is 19.2 Å². The minimum atomic E-state index is -0.379. The molecule has 2 aliphatic rings. The van der Waals surface area contributed by atoms with E-state index in [9.17, 15) is 5.11 Å². The van der Waals surface area contributed by atoms with Crippen LogP contribution in [0.15, 0.2) is 12.3 Å². The Labute approximate surface area is 96.4 Å². The molecule has 2 fully saturated rings. The molecule has 3 N–H and O–H groups in total. The molecule has 0 spiro atoms. The zero-order valence-electron chi connectivity index (χ0n) is 9.75. The molecule has 0 aromatic rings. The summed E-state index contributed by atoms with van der Waals surface area (Å²) >= 11 is 0. The van der Waals surface area contributed by atoms with Crippen molar-refractivity contribution >= 4 is 0 Å². The quantitative estimate of drug-likeness (QED) is 0.504. The fourth-order valence-electron chi connectivity index (χ4n) is 2.34. The molecule has 92 valence electrons. The molecular weight excluding hydrogens is 206 g/mol. The Hall–Kier alpha value is -0.620. The van der Waals surface area contributed by atoms with Gasteiger partial charge in [0.15, 0.2) is 0 Å². The van der Waals surface area contributed by atoms with Gasteiger partial charge in [-0.2, -0.15) is 0 Å². The molecule has 0 aromatic carbocycles. The van der Waals surface area contributed by atoms with Crippen molar-refractivity contribution < 1.29 is 9.84 Å². The fraction of sp³-hybridized carbons (Fsp3) is 0.818. The number of nitrogens with zero attached hydrogens (tertiary/aromatic N) is 2. The summed E-state index contributed by atoms with van der Waals surface area (Å²) in [5.41, 5.74) is 0. The lowest BCUT2D eigenvalue weighted by Crippen LogP contribution is -2.60. The highest BCUT2D eigenvalue weighted by Gasteiger charge is 2.35. The van der Waals surface area contributed by atoms with Crippen LogP contribution in [0.4, 0.5) is 0 Å². The average molecular weight is 227 g/mol. The van der Waals surface area contributed by atoms with Gasteiger partial charge in [-0.1, -0.05) is 6.08 Å². The summed E-state index contributed by atoms with van der Waals surface area (Å²) in [5, 5.41) is 11.7. The Bertz CT molecular complexity index is 256. The highest BCUT2D eigenvalue weighted by atomic mass is 16.5. The highest BCUT2D eigenvalue weighted by Crippen LogP contribution is 2.20. The first-order valence-corrected chi connectivity index (χ1v) is 5.88. The molecule has 0 amide bonds. The van der Waals surface area contributed by atoms with E-state index in [1.54, 1.807) is 5.01 Å². The Morgan fingerprint density at radius 1 is 1.50 bits per heavy atom. The maximum atomic E-state index is 10.1. The molecule has 5 nitrogen and oxygen atoms in total. The number of aliphatic hydroxyl groups is 1. The van der Waals surface area contributed by atoms with Gasteiger partial charge in [0, 0.05) is 19.3 Å². The maximum absolute atomic E-state index is 10.1. The Kier molecular flexibility index (Phi) is 3.81. The van der Waals surface area contributed by atoms with Gasteiger partial charge in [0.05, 0.1) is 31.4 Å². The number of hydrazine groups is 1. The summed E-state index contributed by atoms with van der Waals surface area (Å²) in [4.78, 5) is 2.30. The Balaban J connectivity index is 1.86. The number of β-amino-alcohol motifs (C(OH)–C–C–N with tert-alkyl or cyclic N) is 1. The summed E-state index contributed by atoms with van der Waals surface area (Å²) in [6, 6.07) is 0.539. The number of likely N-dealkylation sites (tertiary alicyclic amines) is 1. The molecular formula is C11H21N3O2. The van der Waals surface area contributed by atoms with Gasteiger partial charge in [-0.15, -0.1) is 0 Å². The number of allylic oxidation sites excluding steroid dienone is 1. The van der Waals surface area contributed by atoms with Crippen molar-refractivity contribution in [3.05, 3.63) is 12.3 Å². The van der Waals surface area contributed by atoms with E-state index in [2.05, 4.69) is 4.90 Å². The highest BCUT2D eigenvalue weighted by molar-refractivity contribution is 4.92. The minimum absolute atomic E-state index is 0.0356. The molecule has 2 heterocycles. The van der Waals surface area contributed by atoms with E-state index in [4.69, 9.17) is 10.6 Å². The van der Waals surface area contributed by atoms with E-state index < -0.39 is 0 Å². The lowest BCUT2D eigenvalue weighted by atomic mass is 9.99. The lowest BCUT2D eigenvalue weighted by Gasteiger charge is -2.45. The first kappa shape index (κ1) is 11.9. The summed E-state index contributed by atoms with van der Waals surface area (Å²) in [5.74, 6) is 5.86. The molecule has 0 unspecified atom stereocenters. The normalized spacial score (nSPS) is 32.9. The monoisotopic (exact) mass is 227 g/mol. The van der Waals surface area contributed by atoms with Crippen molar-refractivity contribution in [1.82, 2.24) is 9.91 Å². The summed E-state index contributed by atoms with van der Waals surface area (Å²) in [6.07, 6.45) is 4.23. The van der Waals surface area contributed by atoms with Crippen LogP contribution in [0.5, 0.6) is 0 Å². The lowest BCUT2D eigenvalue weighted by molar-refractivity contribution is -0.0979. The van der Waals surface area contributed by atoms with Crippen LogP contribution in [0.2, 0.25) is 0 Å². The number of aliphatic hydroxyl groups excluding tert-OH is 1. The third kappa shape index (κ3) is 2.38. The Morgan fingerprint density at radius 3 is 2.75 bits per heavy atom. The van der Waals surface area contributed by atoms with E-state index in [1.165, 1.54) is 0 Å². The largest absolute Gasteiger partial charge is 0.390 e. The van der Waals surface area contributed by atoms with E-state index in [0.29, 0.717) is 12.6 Å². The molecule has 0 saturated carbocycles. The van der Waals surface area contributed by atoms with Crippen LogP contribution in [0.25, 0.3) is 0 Å². The number of hydrogen-bond acceptors (Lipinski definition) is 5. The molecule has 2 aliphatic heterocycles. The summed E-state index contributed by atoms with van der Waals surface area (Å²) in [7, 11) is 0. The maximum Gasteiger partial charge on any atom is 0.0885 e. The topological polar surface area (TPSA) is 62.0 Å². The first-order valence-electron chi connectivity index (χ1n) is 5.88. The van der Waals surface area contributed by atoms with E-state index in [0.717, 1.165) is 26.2 Å². The van der Waals surface area contributed by atoms with Crippen molar-refractivity contribution in [2.24, 2.45) is 5.84 Å². The molecule has 0 aliphatic carbocycles. The number of rotatable bonds is 3. The van der Waals surface area contributed by atoms with Crippen molar-refractivity contribution in [3.63, 3.8) is 0 Å². The SMILES string of the molecule is CC=CN(N)[C@@H]1CCN(C2COC2)C[C@H]1O. The summed E-state index contributed by atoms with van der Waals surface area (Å²) in [6.45, 7) is 5.22. The van der Waals surface area contributed by atoms with Crippen molar-refractivity contribution in [3.8, 4) is 0 Å². The molecule has 0 bridgehead atoms. The number of piperidine rings is 1. The standard InChI is InChI=1S/C11H21N3O2/c1-2-4-14(12)10-3-5-13(6-11(10)15)9-7-16-8-9/h2,4,9-11,15H,3,5-8,12H2,1H3/t10-,11-/m1/s1. The van der Waals surface area contributed by atoms with Gasteiger partial charge in [-0.05, 0) is 13.3 Å². The van der Waals surface area contributed by atoms with Gasteiger partial charge in [0.1, 0.15) is 0 Å². The number of nitrogens with two attached hydrogens (primary N) is 1. The zero-order chi connectivity index (χ0) is 11.5. The van der Waals surface area contributed by atoms with Crippen LogP contribution < -0.4 is 5.84 Å². The molecule has 2 saturated heterocycles. The molecule has 2 atom stereocenters. The summed E-state index contributed by atoms with van der Waals surface area (Å²) < 4.78 is 5.17. The third-order valence-corrected chi connectivity index (χ3v) is 3.42. The molecule has 16 heavy (non-hydrogen) atoms. The van der Waals surface area contributed by atoms with Crippen molar-refractivity contribution in [2.45, 2.75) is 31.5 Å². The van der Waals surface area contributed by atoms with Crippen LogP contribution in [0, 0.1) is 0 Å². The van der Waals surface area contributed by atoms with Gasteiger partial charge in [-0.25, -0.2) is 5.84 Å². The Morgan fingerprint density at radius 2 is 2.25 bits per heavy atom. The van der Waals surface area contributed by atoms with Gasteiger partial charge >= 0.3 is 0 Å². The predicted molar refractivity (Wildman–Crippen MR) is 61.4 cm³/mol. The second-order valence-corrected chi connectivity index (χ2v) is 4.54. The van der Waals surface area contributed by atoms with Crippen LogP contribution in [-0.2, 0) is 4.74 Å². The molecule has 0 aromatic heterocycles. The van der Waals surface area contributed by atoms with Crippen LogP contribution in [0.3, 0.4) is 0 Å². The first-order chi connectivity index (χ1) is 7.72.